The smallest absolute Gasteiger partial charge is 0.374 e. The molecule has 116 valence electrons. The Balaban J connectivity index is 2.03. The molecule has 1 aliphatic heterocycles. The molecule has 0 saturated carbocycles. The van der Waals surface area contributed by atoms with Crippen molar-refractivity contribution < 1.29 is 19.1 Å². The molecule has 0 amide bonds. The van der Waals surface area contributed by atoms with Crippen molar-refractivity contribution in [3.8, 4) is 0 Å². The Labute approximate surface area is 128 Å². The van der Waals surface area contributed by atoms with Crippen LogP contribution in [0.4, 0.5) is 0 Å². The highest BCUT2D eigenvalue weighted by Crippen LogP contribution is 2.36. The first-order valence-corrected chi connectivity index (χ1v) is 7.35. The van der Waals surface area contributed by atoms with E-state index in [-0.39, 0.29) is 12.4 Å². The first-order chi connectivity index (χ1) is 10.5. The number of nitrogens with one attached hydrogen (secondary N) is 1. The van der Waals surface area contributed by atoms with E-state index in [4.69, 9.17) is 9.15 Å². The zero-order chi connectivity index (χ0) is 15.7. The van der Waals surface area contributed by atoms with Crippen molar-refractivity contribution in [1.29, 1.82) is 0 Å². The number of hydrogen-bond acceptors (Lipinski definition) is 5. The molecule has 2 heterocycles. The highest BCUT2D eigenvalue weighted by Gasteiger charge is 2.39. The molecule has 2 aromatic rings. The number of esters is 1. The van der Waals surface area contributed by atoms with Crippen molar-refractivity contribution in [2.45, 2.75) is 26.0 Å². The third-order valence-electron chi connectivity index (χ3n) is 3.93. The number of β-amino-alcohol motifs (C(OH)–C–C–N with tert-alkyl or cyclic N) is 1. The number of carbonyl (C=O) groups excluding carboxylic acids is 1. The van der Waals surface area contributed by atoms with E-state index in [0.717, 1.165) is 11.1 Å². The number of ether oxygens (including phenoxy) is 1. The van der Waals surface area contributed by atoms with Gasteiger partial charge in [-0.05, 0) is 25.5 Å². The average Bonchev–Trinajstić information content (AvgIpc) is 2.94. The molecule has 0 radical (unpaired) electrons. The monoisotopic (exact) mass is 301 g/mol. The van der Waals surface area contributed by atoms with Gasteiger partial charge in [0, 0.05) is 12.1 Å². The summed E-state index contributed by atoms with van der Waals surface area (Å²) < 4.78 is 10.5. The SMILES string of the molecule is CCOC(=O)c1cc2c(o1)CNCC2(O)c1ccc(C)cc1. The normalized spacial score (nSPS) is 20.5. The van der Waals surface area contributed by atoms with Gasteiger partial charge in [-0.25, -0.2) is 4.79 Å². The van der Waals surface area contributed by atoms with Gasteiger partial charge in [-0.2, -0.15) is 0 Å². The van der Waals surface area contributed by atoms with Crippen molar-refractivity contribution in [2.24, 2.45) is 0 Å². The number of carbonyl (C=O) groups is 1. The lowest BCUT2D eigenvalue weighted by Crippen LogP contribution is -2.43. The summed E-state index contributed by atoms with van der Waals surface area (Å²) in [6, 6.07) is 9.28. The highest BCUT2D eigenvalue weighted by atomic mass is 16.5. The van der Waals surface area contributed by atoms with E-state index in [1.807, 2.05) is 31.2 Å². The number of fused-ring (bicyclic) bond motifs is 1. The number of furan rings is 1. The molecule has 0 aliphatic carbocycles. The summed E-state index contributed by atoms with van der Waals surface area (Å²) in [7, 11) is 0. The molecule has 22 heavy (non-hydrogen) atoms. The van der Waals surface area contributed by atoms with Crippen LogP contribution in [0.25, 0.3) is 0 Å². The molecule has 3 rings (SSSR count). The van der Waals surface area contributed by atoms with Gasteiger partial charge in [-0.3, -0.25) is 0 Å². The van der Waals surface area contributed by atoms with Crippen LogP contribution >= 0.6 is 0 Å². The molecule has 5 heteroatoms. The fraction of sp³-hybridized carbons (Fsp3) is 0.353. The Bertz CT molecular complexity index is 689. The number of benzene rings is 1. The molecule has 0 bridgehead atoms. The second-order valence-electron chi connectivity index (χ2n) is 5.50. The zero-order valence-electron chi connectivity index (χ0n) is 12.7. The summed E-state index contributed by atoms with van der Waals surface area (Å²) >= 11 is 0. The van der Waals surface area contributed by atoms with E-state index in [0.29, 0.717) is 24.4 Å². The van der Waals surface area contributed by atoms with Crippen LogP contribution in [0.1, 0.15) is 39.9 Å². The molecule has 2 N–H and O–H groups in total. The standard InChI is InChI=1S/C17H19NO4/c1-3-21-16(19)14-8-13-15(22-14)9-18-10-17(13,20)12-6-4-11(2)5-7-12/h4-8,18,20H,3,9-10H2,1-2H3. The van der Waals surface area contributed by atoms with Gasteiger partial charge in [0.25, 0.3) is 0 Å². The van der Waals surface area contributed by atoms with Gasteiger partial charge < -0.3 is 19.6 Å². The molecule has 1 aliphatic rings. The predicted molar refractivity (Wildman–Crippen MR) is 80.5 cm³/mol. The number of aryl methyl sites for hydroxylation is 1. The van der Waals surface area contributed by atoms with Crippen LogP contribution in [0.3, 0.4) is 0 Å². The molecule has 5 nitrogen and oxygen atoms in total. The van der Waals surface area contributed by atoms with Crippen molar-refractivity contribution in [3.05, 3.63) is 58.5 Å². The molecular formula is C17H19NO4. The van der Waals surface area contributed by atoms with E-state index < -0.39 is 11.6 Å². The molecule has 0 fully saturated rings. The Morgan fingerprint density at radius 1 is 1.41 bits per heavy atom. The quantitative estimate of drug-likeness (QED) is 0.850. The van der Waals surface area contributed by atoms with Crippen LogP contribution in [-0.2, 0) is 16.9 Å². The van der Waals surface area contributed by atoms with E-state index in [1.165, 1.54) is 0 Å². The summed E-state index contributed by atoms with van der Waals surface area (Å²) in [6.45, 7) is 4.86. The maximum absolute atomic E-state index is 11.8. The maximum atomic E-state index is 11.8. The third kappa shape index (κ3) is 2.42. The van der Waals surface area contributed by atoms with Gasteiger partial charge in [-0.1, -0.05) is 29.8 Å². The molecule has 1 aromatic heterocycles. The highest BCUT2D eigenvalue weighted by molar-refractivity contribution is 5.86. The topological polar surface area (TPSA) is 71.7 Å². The predicted octanol–water partition coefficient (Wildman–Crippen LogP) is 2.10. The lowest BCUT2D eigenvalue weighted by atomic mass is 9.84. The van der Waals surface area contributed by atoms with Gasteiger partial charge in [-0.15, -0.1) is 0 Å². The van der Waals surface area contributed by atoms with Crippen molar-refractivity contribution in [1.82, 2.24) is 5.32 Å². The Morgan fingerprint density at radius 2 is 2.14 bits per heavy atom. The van der Waals surface area contributed by atoms with Gasteiger partial charge in [0.2, 0.25) is 5.76 Å². The van der Waals surface area contributed by atoms with Crippen LogP contribution in [0.2, 0.25) is 0 Å². The summed E-state index contributed by atoms with van der Waals surface area (Å²) in [4.78, 5) is 11.8. The molecule has 0 saturated heterocycles. The van der Waals surface area contributed by atoms with E-state index >= 15 is 0 Å². The Morgan fingerprint density at radius 3 is 2.82 bits per heavy atom. The third-order valence-corrected chi connectivity index (χ3v) is 3.93. The molecule has 1 unspecified atom stereocenters. The minimum Gasteiger partial charge on any atom is -0.460 e. The summed E-state index contributed by atoms with van der Waals surface area (Å²) in [6.07, 6.45) is 0. The van der Waals surface area contributed by atoms with Gasteiger partial charge in [0.1, 0.15) is 11.4 Å². The fourth-order valence-corrected chi connectivity index (χ4v) is 2.75. The number of aliphatic hydroxyl groups is 1. The van der Waals surface area contributed by atoms with E-state index in [1.54, 1.807) is 13.0 Å². The van der Waals surface area contributed by atoms with Crippen LogP contribution in [0.15, 0.2) is 34.7 Å². The van der Waals surface area contributed by atoms with E-state index in [2.05, 4.69) is 5.32 Å². The largest absolute Gasteiger partial charge is 0.460 e. The van der Waals surface area contributed by atoms with Crippen LogP contribution in [0.5, 0.6) is 0 Å². The van der Waals surface area contributed by atoms with Gasteiger partial charge >= 0.3 is 5.97 Å². The number of rotatable bonds is 3. The summed E-state index contributed by atoms with van der Waals surface area (Å²) in [5.74, 6) is 0.182. The lowest BCUT2D eigenvalue weighted by molar-refractivity contribution is 0.0484. The van der Waals surface area contributed by atoms with Crippen LogP contribution in [0, 0.1) is 6.92 Å². The lowest BCUT2D eigenvalue weighted by Gasteiger charge is -2.32. The summed E-state index contributed by atoms with van der Waals surface area (Å²) in [5.41, 5.74) is 1.30. The molecular weight excluding hydrogens is 282 g/mol. The minimum absolute atomic E-state index is 0.126. The zero-order valence-corrected chi connectivity index (χ0v) is 12.7. The first kappa shape index (κ1) is 14.8. The van der Waals surface area contributed by atoms with Crippen LogP contribution in [-0.4, -0.2) is 24.2 Å². The molecule has 0 spiro atoms. The van der Waals surface area contributed by atoms with E-state index in [9.17, 15) is 9.90 Å². The molecule has 1 atom stereocenters. The second kappa shape index (κ2) is 5.59. The minimum atomic E-state index is -1.21. The second-order valence-corrected chi connectivity index (χ2v) is 5.50. The Kier molecular flexibility index (Phi) is 3.76. The Hall–Kier alpha value is -2.11. The first-order valence-electron chi connectivity index (χ1n) is 7.35. The maximum Gasteiger partial charge on any atom is 0.374 e. The van der Waals surface area contributed by atoms with Gasteiger partial charge in [0.15, 0.2) is 0 Å². The molecule has 1 aromatic carbocycles. The fourth-order valence-electron chi connectivity index (χ4n) is 2.75. The van der Waals surface area contributed by atoms with Crippen molar-refractivity contribution in [3.63, 3.8) is 0 Å². The van der Waals surface area contributed by atoms with Crippen LogP contribution < -0.4 is 5.32 Å². The van der Waals surface area contributed by atoms with Gasteiger partial charge in [0.05, 0.1) is 13.2 Å². The average molecular weight is 301 g/mol. The summed E-state index contributed by atoms with van der Waals surface area (Å²) in [5, 5.41) is 14.3. The number of hydrogen-bond donors (Lipinski definition) is 2. The van der Waals surface area contributed by atoms with Crippen molar-refractivity contribution >= 4 is 5.97 Å². The van der Waals surface area contributed by atoms with Crippen molar-refractivity contribution in [2.75, 3.05) is 13.2 Å².